The molecular formula is C18H18F3N3O3. The summed E-state index contributed by atoms with van der Waals surface area (Å²) in [6, 6.07) is 3.60. The van der Waals surface area contributed by atoms with Gasteiger partial charge in [0.25, 0.3) is 5.91 Å². The Morgan fingerprint density at radius 2 is 2.07 bits per heavy atom. The van der Waals surface area contributed by atoms with Gasteiger partial charge >= 0.3 is 12.1 Å². The summed E-state index contributed by atoms with van der Waals surface area (Å²) in [5.74, 6) is -1.42. The van der Waals surface area contributed by atoms with E-state index in [1.165, 1.54) is 23.0 Å². The van der Waals surface area contributed by atoms with Crippen LogP contribution in [-0.2, 0) is 11.0 Å². The minimum Gasteiger partial charge on any atom is -0.480 e. The molecule has 6 nitrogen and oxygen atoms in total. The Labute approximate surface area is 153 Å². The summed E-state index contributed by atoms with van der Waals surface area (Å²) in [4.78, 5) is 23.8. The van der Waals surface area contributed by atoms with Crippen LogP contribution in [0.3, 0.4) is 0 Å². The van der Waals surface area contributed by atoms with E-state index >= 15 is 0 Å². The average molecular weight is 381 g/mol. The summed E-state index contributed by atoms with van der Waals surface area (Å²) < 4.78 is 39.9. The largest absolute Gasteiger partial charge is 0.480 e. The summed E-state index contributed by atoms with van der Waals surface area (Å²) in [5, 5.41) is 15.7. The van der Waals surface area contributed by atoms with E-state index in [1.54, 1.807) is 6.92 Å². The fraction of sp³-hybridized carbons (Fsp3) is 0.389. The van der Waals surface area contributed by atoms with E-state index in [2.05, 4.69) is 10.4 Å². The Morgan fingerprint density at radius 3 is 2.67 bits per heavy atom. The normalized spacial score (nSPS) is 15.4. The van der Waals surface area contributed by atoms with Crippen molar-refractivity contribution in [2.45, 2.75) is 38.4 Å². The SMILES string of the molecule is Cc1c(C(=O)NC(CC2CC2)C(=O)O)cnn1-c1cccc(C(F)(F)F)c1. The molecule has 9 heteroatoms. The number of rotatable bonds is 6. The van der Waals surface area contributed by atoms with E-state index in [1.807, 2.05) is 0 Å². The summed E-state index contributed by atoms with van der Waals surface area (Å²) in [6.07, 6.45) is -1.00. The molecule has 1 aromatic heterocycles. The molecule has 0 saturated heterocycles. The van der Waals surface area contributed by atoms with Gasteiger partial charge in [0.15, 0.2) is 0 Å². The van der Waals surface area contributed by atoms with E-state index in [0.29, 0.717) is 18.0 Å². The Hall–Kier alpha value is -2.84. The molecule has 0 bridgehead atoms. The Balaban J connectivity index is 1.82. The second-order valence-corrected chi connectivity index (χ2v) is 6.65. The van der Waals surface area contributed by atoms with Crippen LogP contribution in [0, 0.1) is 12.8 Å². The molecule has 1 saturated carbocycles. The van der Waals surface area contributed by atoms with Gasteiger partial charge in [-0.05, 0) is 37.5 Å². The van der Waals surface area contributed by atoms with Crippen LogP contribution in [0.1, 0.15) is 40.9 Å². The number of hydrogen-bond donors (Lipinski definition) is 2. The lowest BCUT2D eigenvalue weighted by Gasteiger charge is -2.14. The van der Waals surface area contributed by atoms with Crippen molar-refractivity contribution in [3.8, 4) is 5.69 Å². The van der Waals surface area contributed by atoms with Crippen molar-refractivity contribution in [2.75, 3.05) is 0 Å². The molecule has 1 aliphatic rings. The molecule has 1 heterocycles. The van der Waals surface area contributed by atoms with E-state index in [0.717, 1.165) is 25.0 Å². The van der Waals surface area contributed by atoms with Gasteiger partial charge in [-0.15, -0.1) is 0 Å². The van der Waals surface area contributed by atoms with Crippen molar-refractivity contribution in [2.24, 2.45) is 5.92 Å². The van der Waals surface area contributed by atoms with Crippen LogP contribution in [-0.4, -0.2) is 32.8 Å². The van der Waals surface area contributed by atoms with Gasteiger partial charge in [0.1, 0.15) is 6.04 Å². The van der Waals surface area contributed by atoms with E-state index in [9.17, 15) is 27.9 Å². The van der Waals surface area contributed by atoms with Crippen LogP contribution >= 0.6 is 0 Å². The van der Waals surface area contributed by atoms with Crippen LogP contribution in [0.2, 0.25) is 0 Å². The summed E-state index contributed by atoms with van der Waals surface area (Å²) in [6.45, 7) is 1.54. The quantitative estimate of drug-likeness (QED) is 0.805. The number of carbonyl (C=O) groups excluding carboxylic acids is 1. The smallest absolute Gasteiger partial charge is 0.416 e. The van der Waals surface area contributed by atoms with Gasteiger partial charge in [-0.3, -0.25) is 4.79 Å². The molecule has 2 N–H and O–H groups in total. The number of halogens is 3. The summed E-state index contributed by atoms with van der Waals surface area (Å²) in [7, 11) is 0. The number of carboxylic acids is 1. The van der Waals surface area contributed by atoms with Crippen molar-refractivity contribution in [3.05, 3.63) is 47.3 Å². The standard InChI is InChI=1S/C18H18F3N3O3/c1-10-14(16(25)23-15(17(26)27)7-11-5-6-11)9-22-24(10)13-4-2-3-12(8-13)18(19,20)21/h2-4,8-9,11,15H,5-7H2,1H3,(H,23,25)(H,26,27). The highest BCUT2D eigenvalue weighted by atomic mass is 19.4. The lowest BCUT2D eigenvalue weighted by molar-refractivity contribution is -0.139. The first-order chi connectivity index (χ1) is 12.7. The van der Waals surface area contributed by atoms with Crippen molar-refractivity contribution in [3.63, 3.8) is 0 Å². The third-order valence-corrected chi connectivity index (χ3v) is 4.54. The molecule has 1 unspecified atom stereocenters. The number of aliphatic carboxylic acids is 1. The predicted molar refractivity (Wildman–Crippen MR) is 89.5 cm³/mol. The molecule has 3 rings (SSSR count). The zero-order valence-corrected chi connectivity index (χ0v) is 14.5. The minimum atomic E-state index is -4.49. The number of hydrogen-bond acceptors (Lipinski definition) is 3. The third kappa shape index (κ3) is 4.29. The molecule has 1 atom stereocenters. The second kappa shape index (κ2) is 7.05. The van der Waals surface area contributed by atoms with Gasteiger partial charge in [-0.2, -0.15) is 18.3 Å². The lowest BCUT2D eigenvalue weighted by Crippen LogP contribution is -2.41. The van der Waals surface area contributed by atoms with Gasteiger partial charge < -0.3 is 10.4 Å². The van der Waals surface area contributed by atoms with Gasteiger partial charge in [0, 0.05) is 0 Å². The second-order valence-electron chi connectivity index (χ2n) is 6.65. The maximum absolute atomic E-state index is 12.9. The van der Waals surface area contributed by atoms with E-state index in [-0.39, 0.29) is 11.3 Å². The average Bonchev–Trinajstić information content (AvgIpc) is 3.33. The Morgan fingerprint density at radius 1 is 1.37 bits per heavy atom. The number of carboxylic acid groups (broad SMARTS) is 1. The predicted octanol–water partition coefficient (Wildman–Crippen LogP) is 3.18. The Kier molecular flexibility index (Phi) is 4.95. The molecule has 0 aliphatic heterocycles. The summed E-state index contributed by atoms with van der Waals surface area (Å²) >= 11 is 0. The number of benzene rings is 1. The molecule has 144 valence electrons. The van der Waals surface area contributed by atoms with Crippen LogP contribution < -0.4 is 5.32 Å². The van der Waals surface area contributed by atoms with Gasteiger partial charge in [-0.25, -0.2) is 9.48 Å². The van der Waals surface area contributed by atoms with Gasteiger partial charge in [0.05, 0.1) is 28.7 Å². The highest BCUT2D eigenvalue weighted by molar-refractivity contribution is 5.97. The first-order valence-electron chi connectivity index (χ1n) is 8.42. The maximum Gasteiger partial charge on any atom is 0.416 e. The molecule has 0 radical (unpaired) electrons. The summed E-state index contributed by atoms with van der Waals surface area (Å²) in [5.41, 5.74) is -0.220. The number of amides is 1. The maximum atomic E-state index is 12.9. The number of alkyl halides is 3. The third-order valence-electron chi connectivity index (χ3n) is 4.54. The topological polar surface area (TPSA) is 84.2 Å². The van der Waals surface area contributed by atoms with Gasteiger partial charge in [-0.1, -0.05) is 18.9 Å². The van der Waals surface area contributed by atoms with E-state index in [4.69, 9.17) is 0 Å². The number of nitrogens with zero attached hydrogens (tertiary/aromatic N) is 2. The van der Waals surface area contributed by atoms with Crippen molar-refractivity contribution < 1.29 is 27.9 Å². The first-order valence-corrected chi connectivity index (χ1v) is 8.42. The molecule has 0 spiro atoms. The van der Waals surface area contributed by atoms with Crippen LogP contribution in [0.5, 0.6) is 0 Å². The molecule has 1 fully saturated rings. The molecule has 1 amide bonds. The van der Waals surface area contributed by atoms with Crippen LogP contribution in [0.4, 0.5) is 13.2 Å². The number of carbonyl (C=O) groups is 2. The number of aromatic nitrogens is 2. The minimum absolute atomic E-state index is 0.120. The zero-order valence-electron chi connectivity index (χ0n) is 14.5. The molecule has 2 aromatic rings. The van der Waals surface area contributed by atoms with Crippen molar-refractivity contribution in [1.29, 1.82) is 0 Å². The van der Waals surface area contributed by atoms with Crippen molar-refractivity contribution in [1.82, 2.24) is 15.1 Å². The highest BCUT2D eigenvalue weighted by Crippen LogP contribution is 2.34. The monoisotopic (exact) mass is 381 g/mol. The number of nitrogens with one attached hydrogen (secondary N) is 1. The Bertz CT molecular complexity index is 872. The lowest BCUT2D eigenvalue weighted by atomic mass is 10.1. The van der Waals surface area contributed by atoms with Gasteiger partial charge in [0.2, 0.25) is 0 Å². The van der Waals surface area contributed by atoms with Crippen LogP contribution in [0.15, 0.2) is 30.5 Å². The molecule has 27 heavy (non-hydrogen) atoms. The van der Waals surface area contributed by atoms with Crippen molar-refractivity contribution >= 4 is 11.9 Å². The highest BCUT2D eigenvalue weighted by Gasteiger charge is 2.32. The zero-order chi connectivity index (χ0) is 19.8. The molecule has 1 aliphatic carbocycles. The first kappa shape index (κ1) is 18.9. The molecular weight excluding hydrogens is 363 g/mol. The fourth-order valence-corrected chi connectivity index (χ4v) is 2.85. The van der Waals surface area contributed by atoms with E-state index < -0.39 is 29.7 Å². The fourth-order valence-electron chi connectivity index (χ4n) is 2.85. The van der Waals surface area contributed by atoms with Crippen LogP contribution in [0.25, 0.3) is 5.69 Å². The molecule has 1 aromatic carbocycles.